The summed E-state index contributed by atoms with van der Waals surface area (Å²) >= 11 is 47.0. The van der Waals surface area contributed by atoms with Gasteiger partial charge in [-0.1, -0.05) is 0 Å². The third-order valence-electron chi connectivity index (χ3n) is 3.10. The van der Waals surface area contributed by atoms with Gasteiger partial charge in [0.05, 0.1) is 0 Å². The molecule has 2 heterocycles. The molecule has 0 N–H and O–H groups in total. The topological polar surface area (TPSA) is 81.2 Å². The molecular formula is C12H4N4Ni2O4S10. The van der Waals surface area contributed by atoms with Gasteiger partial charge in [0.1, 0.15) is 12.8 Å². The van der Waals surface area contributed by atoms with Crippen LogP contribution in [0.5, 0.6) is 0 Å². The minimum atomic E-state index is -0.549. The van der Waals surface area contributed by atoms with E-state index in [1.54, 1.807) is 0 Å². The van der Waals surface area contributed by atoms with Crippen LogP contribution in [0.4, 0.5) is 0 Å². The molecule has 0 saturated carbocycles. The quantitative estimate of drug-likeness (QED) is 0.147. The summed E-state index contributed by atoms with van der Waals surface area (Å²) in [6.07, 6.45) is -0.763. The van der Waals surface area contributed by atoms with Crippen LogP contribution in [-0.2, 0) is 103 Å². The van der Waals surface area contributed by atoms with Crippen molar-refractivity contribution in [3.63, 3.8) is 0 Å². The van der Waals surface area contributed by atoms with Crippen molar-refractivity contribution in [1.29, 1.82) is 0 Å². The summed E-state index contributed by atoms with van der Waals surface area (Å²) in [5, 5.41) is -0.312. The van der Waals surface area contributed by atoms with Gasteiger partial charge >= 0.3 is 33.0 Å². The molecule has 0 unspecified atom stereocenters. The van der Waals surface area contributed by atoms with Crippen LogP contribution in [0.3, 0.4) is 0 Å². The van der Waals surface area contributed by atoms with Crippen molar-refractivity contribution in [1.82, 2.24) is 19.6 Å². The molecule has 0 spiro atoms. The van der Waals surface area contributed by atoms with Gasteiger partial charge in [-0.2, -0.15) is 0 Å². The zero-order valence-corrected chi connectivity index (χ0v) is 24.7. The van der Waals surface area contributed by atoms with Gasteiger partial charge in [0.2, 0.25) is 23.6 Å². The minimum absolute atomic E-state index is 0. The first-order valence-corrected chi connectivity index (χ1v) is 11.0. The summed E-state index contributed by atoms with van der Waals surface area (Å²) in [4.78, 5) is 49.1. The van der Waals surface area contributed by atoms with Gasteiger partial charge in [-0.25, -0.2) is 0 Å². The maximum atomic E-state index is 11.4. The van der Waals surface area contributed by atoms with Crippen LogP contribution in [0.25, 0.3) is 0 Å². The molecule has 32 heavy (non-hydrogen) atoms. The fraction of sp³-hybridized carbons (Fsp3) is 0.167. The first-order valence-electron chi connectivity index (χ1n) is 6.96. The first kappa shape index (κ1) is 34.5. The van der Waals surface area contributed by atoms with Gasteiger partial charge in [0.15, 0.2) is 10.2 Å². The molecule has 2 rings (SSSR count). The normalized spacial score (nSPS) is 15.9. The zero-order valence-electron chi connectivity index (χ0n) is 14.6. The van der Waals surface area contributed by atoms with E-state index < -0.39 is 23.6 Å². The summed E-state index contributed by atoms with van der Waals surface area (Å²) in [5.41, 5.74) is 0. The Bertz CT molecular complexity index is 803. The number of hydrogen-bond donors (Lipinski definition) is 0. The Balaban J connectivity index is 0. The molecule has 0 radical (unpaired) electrons. The molecule has 176 valence electrons. The van der Waals surface area contributed by atoms with E-state index in [9.17, 15) is 19.2 Å². The average Bonchev–Trinajstić information content (AvgIpc) is 2.52. The van der Waals surface area contributed by atoms with Crippen molar-refractivity contribution >= 4 is 175 Å². The van der Waals surface area contributed by atoms with Crippen LogP contribution in [0, 0.1) is 0 Å². The second-order valence-electron chi connectivity index (χ2n) is 4.90. The van der Waals surface area contributed by atoms with E-state index in [0.717, 1.165) is 19.6 Å². The molecular weight excluding hydrogens is 702 g/mol. The predicted molar refractivity (Wildman–Crippen MR) is 142 cm³/mol. The zero-order chi connectivity index (χ0) is 23.5. The van der Waals surface area contributed by atoms with Crippen LogP contribution in [-0.4, -0.2) is 70.7 Å². The summed E-state index contributed by atoms with van der Waals surface area (Å²) < 4.78 is -0.579. The predicted octanol–water partition coefficient (Wildman–Crippen LogP) is -0.0134. The van der Waals surface area contributed by atoms with E-state index >= 15 is 0 Å². The molecule has 2 fully saturated rings. The molecule has 8 nitrogen and oxygen atoms in total. The number of nitrogens with zero attached hydrogens (tertiary/aromatic N) is 4. The Kier molecular flexibility index (Phi) is 15.8. The van der Waals surface area contributed by atoms with Gasteiger partial charge < -0.3 is 99.4 Å². The molecule has 0 aromatic rings. The van der Waals surface area contributed by atoms with Crippen LogP contribution < -0.4 is 0 Å². The van der Waals surface area contributed by atoms with Gasteiger partial charge in [-0.3, -0.25) is 38.8 Å². The molecule has 2 saturated heterocycles. The summed E-state index contributed by atoms with van der Waals surface area (Å²) in [6.45, 7) is 0. The standard InChI is InChI=1S/2C6H4N2O2S5.2Ni/c2*9-2-1-3(10)8(6(14)15)4(11)7(2)5(12)13;;/h2*1H2,(H,12,13)(H,14,15);;/q;;2*+2/p-4. The third kappa shape index (κ3) is 8.20. The molecule has 4 amide bonds. The van der Waals surface area contributed by atoms with Crippen LogP contribution in [0.2, 0.25) is 0 Å². The SMILES string of the molecule is O=C1CC(=O)N(C(=S)[S-])C(=S)N1C(=S)[S-].O=C1CC(=O)N(C(=S)[S-])C(=S)N1C(=S)[S-].[Ni+2].[Ni+2]. The molecule has 0 aromatic carbocycles. The smallest absolute Gasteiger partial charge is 0.410 e. The van der Waals surface area contributed by atoms with E-state index in [4.69, 9.17) is 24.4 Å². The van der Waals surface area contributed by atoms with E-state index in [-0.39, 0.29) is 73.3 Å². The van der Waals surface area contributed by atoms with Crippen molar-refractivity contribution in [2.45, 2.75) is 12.8 Å². The third-order valence-corrected chi connectivity index (χ3v) is 5.29. The number of hydrogen-bond acceptors (Lipinski definition) is 14. The van der Waals surface area contributed by atoms with Crippen molar-refractivity contribution in [2.75, 3.05) is 0 Å². The fourth-order valence-electron chi connectivity index (χ4n) is 1.92. The number of amides is 4. The Morgan fingerprint density at radius 1 is 0.531 bits per heavy atom. The largest absolute Gasteiger partial charge is 2.00 e. The Morgan fingerprint density at radius 2 is 0.688 bits per heavy atom. The van der Waals surface area contributed by atoms with Crippen molar-refractivity contribution < 1.29 is 52.2 Å². The van der Waals surface area contributed by atoms with Gasteiger partial charge in [0.25, 0.3) is 0 Å². The molecule has 2 aliphatic heterocycles. The number of carbonyl (C=O) groups is 4. The minimum Gasteiger partial charge on any atom is -0.410 e. The monoisotopic (exact) mass is 704 g/mol. The van der Waals surface area contributed by atoms with Crippen molar-refractivity contribution in [2.24, 2.45) is 0 Å². The Morgan fingerprint density at radius 3 is 0.812 bits per heavy atom. The van der Waals surface area contributed by atoms with Crippen molar-refractivity contribution in [3.05, 3.63) is 0 Å². The maximum absolute atomic E-state index is 11.4. The fourth-order valence-corrected chi connectivity index (χ4v) is 4.66. The Hall–Kier alpha value is 0.287. The molecule has 0 aliphatic carbocycles. The molecule has 20 heteroatoms. The molecule has 0 aromatic heterocycles. The molecule has 0 bridgehead atoms. The van der Waals surface area contributed by atoms with Gasteiger partial charge in [-0.15, -0.1) is 0 Å². The van der Waals surface area contributed by atoms with Gasteiger partial charge in [-0.05, 0) is 41.7 Å². The van der Waals surface area contributed by atoms with E-state index in [1.165, 1.54) is 0 Å². The number of rotatable bonds is 0. The summed E-state index contributed by atoms with van der Waals surface area (Å²) in [6, 6.07) is 0. The van der Waals surface area contributed by atoms with Crippen LogP contribution in [0.15, 0.2) is 0 Å². The second kappa shape index (κ2) is 14.6. The average molecular weight is 706 g/mol. The number of thiocarbonyl (C=S) groups is 6. The first-order chi connectivity index (χ1) is 13.7. The summed E-state index contributed by atoms with van der Waals surface area (Å²) in [5.74, 6) is -2.19. The second-order valence-corrected chi connectivity index (χ2v) is 9.76. The maximum Gasteiger partial charge on any atom is 2.00 e. The van der Waals surface area contributed by atoms with Crippen LogP contribution in [0.1, 0.15) is 12.8 Å². The molecule has 0 atom stereocenters. The van der Waals surface area contributed by atoms with E-state index in [2.05, 4.69) is 99.4 Å². The molecule has 2 aliphatic rings. The van der Waals surface area contributed by atoms with Crippen molar-refractivity contribution in [3.8, 4) is 0 Å². The van der Waals surface area contributed by atoms with E-state index in [1.807, 2.05) is 0 Å². The van der Waals surface area contributed by atoms with Crippen LogP contribution >= 0.6 is 73.3 Å². The Labute approximate surface area is 256 Å². The van der Waals surface area contributed by atoms with Gasteiger partial charge in [0, 0.05) is 0 Å². The summed E-state index contributed by atoms with van der Waals surface area (Å²) in [7, 11) is 0. The van der Waals surface area contributed by atoms with E-state index in [0.29, 0.717) is 0 Å². The number of carbonyl (C=O) groups excluding carboxylic acids is 4.